The van der Waals surface area contributed by atoms with Gasteiger partial charge in [-0.2, -0.15) is 0 Å². The molecule has 1 aliphatic rings. The number of aryl methyl sites for hydroxylation is 3. The van der Waals surface area contributed by atoms with E-state index in [0.717, 1.165) is 48.8 Å². The largest absolute Gasteiger partial charge is 0.293 e. The molecule has 0 aromatic heterocycles. The van der Waals surface area contributed by atoms with Crippen molar-refractivity contribution >= 4 is 14.2 Å². The molecule has 3 heteroatoms. The maximum atomic E-state index is 13.3. The maximum Gasteiger partial charge on any atom is 0.170 e. The molecule has 114 valence electrons. The minimum atomic E-state index is -0.414. The molecular formula is C18H25O2P. The van der Waals surface area contributed by atoms with E-state index in [0.29, 0.717) is 0 Å². The summed E-state index contributed by atoms with van der Waals surface area (Å²) in [6.45, 7) is 8.14. The molecule has 0 heterocycles. The lowest BCUT2D eigenvalue weighted by molar-refractivity contribution is 0.0787. The Balaban J connectivity index is 2.52. The van der Waals surface area contributed by atoms with Crippen molar-refractivity contribution in [2.24, 2.45) is 5.41 Å². The predicted molar refractivity (Wildman–Crippen MR) is 87.6 cm³/mol. The molecule has 0 N–H and O–H groups in total. The SMILES string of the molecule is CCC(P=O)C1(C(=O)c2c(C)cc(C)cc2C)CCCC1. The average Bonchev–Trinajstić information content (AvgIpc) is 2.89. The van der Waals surface area contributed by atoms with Crippen LogP contribution in [0.5, 0.6) is 0 Å². The van der Waals surface area contributed by atoms with Gasteiger partial charge in [0.05, 0.1) is 5.66 Å². The number of rotatable bonds is 5. The zero-order valence-corrected chi connectivity index (χ0v) is 14.4. The van der Waals surface area contributed by atoms with E-state index in [-0.39, 0.29) is 19.9 Å². The number of Topliss-reactive ketones (excluding diaryl/α,β-unsaturated/α-hetero) is 1. The summed E-state index contributed by atoms with van der Waals surface area (Å²) in [6.07, 6.45) is 4.70. The Labute approximate surface area is 129 Å². The van der Waals surface area contributed by atoms with Gasteiger partial charge in [0.2, 0.25) is 0 Å². The predicted octanol–water partition coefficient (Wildman–Crippen LogP) is 5.43. The van der Waals surface area contributed by atoms with Gasteiger partial charge in [-0.3, -0.25) is 9.36 Å². The highest BCUT2D eigenvalue weighted by molar-refractivity contribution is 7.24. The van der Waals surface area contributed by atoms with Crippen molar-refractivity contribution in [3.05, 3.63) is 34.4 Å². The van der Waals surface area contributed by atoms with Crippen LogP contribution in [0.4, 0.5) is 0 Å². The summed E-state index contributed by atoms with van der Waals surface area (Å²) < 4.78 is 11.6. The van der Waals surface area contributed by atoms with Gasteiger partial charge >= 0.3 is 0 Å². The topological polar surface area (TPSA) is 34.1 Å². The number of hydrogen-bond acceptors (Lipinski definition) is 2. The molecule has 2 nitrogen and oxygen atoms in total. The van der Waals surface area contributed by atoms with E-state index in [1.54, 1.807) is 0 Å². The van der Waals surface area contributed by atoms with Gasteiger partial charge in [0.15, 0.2) is 14.2 Å². The third kappa shape index (κ3) is 2.83. The molecule has 1 aromatic carbocycles. The van der Waals surface area contributed by atoms with Crippen LogP contribution in [0.25, 0.3) is 0 Å². The summed E-state index contributed by atoms with van der Waals surface area (Å²) in [5, 5.41) is 0. The van der Waals surface area contributed by atoms with Crippen molar-refractivity contribution < 1.29 is 9.36 Å². The Hall–Kier alpha value is -1.01. The van der Waals surface area contributed by atoms with E-state index < -0.39 is 5.41 Å². The van der Waals surface area contributed by atoms with Crippen molar-refractivity contribution in [2.45, 2.75) is 65.5 Å². The first-order chi connectivity index (χ1) is 9.96. The lowest BCUT2D eigenvalue weighted by Crippen LogP contribution is -2.38. The Morgan fingerprint density at radius 3 is 2.14 bits per heavy atom. The van der Waals surface area contributed by atoms with Crippen LogP contribution in [0, 0.1) is 26.2 Å². The van der Waals surface area contributed by atoms with Gasteiger partial charge in [0, 0.05) is 11.0 Å². The number of carbonyl (C=O) groups excluding carboxylic acids is 1. The van der Waals surface area contributed by atoms with Gasteiger partial charge < -0.3 is 0 Å². The van der Waals surface area contributed by atoms with E-state index >= 15 is 0 Å². The van der Waals surface area contributed by atoms with E-state index in [1.807, 2.05) is 20.8 Å². The normalized spacial score (nSPS) is 18.9. The molecule has 2 rings (SSSR count). The summed E-state index contributed by atoms with van der Waals surface area (Å²) >= 11 is 0. The molecule has 21 heavy (non-hydrogen) atoms. The van der Waals surface area contributed by atoms with Crippen LogP contribution < -0.4 is 0 Å². The molecule has 1 saturated carbocycles. The highest BCUT2D eigenvalue weighted by atomic mass is 31.1. The molecule has 1 atom stereocenters. The second-order valence-corrected chi connectivity index (χ2v) is 7.33. The molecule has 1 aromatic rings. The summed E-state index contributed by atoms with van der Waals surface area (Å²) in [7, 11) is 0.123. The molecule has 0 radical (unpaired) electrons. The van der Waals surface area contributed by atoms with E-state index in [9.17, 15) is 9.36 Å². The first kappa shape index (κ1) is 16.4. The fourth-order valence-electron chi connectivity index (χ4n) is 4.07. The molecule has 0 amide bonds. The van der Waals surface area contributed by atoms with Crippen LogP contribution in [0.2, 0.25) is 0 Å². The average molecular weight is 304 g/mol. The number of ketones is 1. The molecule has 0 saturated heterocycles. The fraction of sp³-hybridized carbons (Fsp3) is 0.611. The molecule has 0 aliphatic heterocycles. The minimum Gasteiger partial charge on any atom is -0.293 e. The highest BCUT2D eigenvalue weighted by Crippen LogP contribution is 2.49. The van der Waals surface area contributed by atoms with Crippen LogP contribution in [0.1, 0.15) is 66.1 Å². The van der Waals surface area contributed by atoms with Gasteiger partial charge in [-0.15, -0.1) is 0 Å². The van der Waals surface area contributed by atoms with Crippen molar-refractivity contribution in [3.63, 3.8) is 0 Å². The van der Waals surface area contributed by atoms with Crippen LogP contribution in [-0.2, 0) is 4.57 Å². The zero-order valence-electron chi connectivity index (χ0n) is 13.5. The quantitative estimate of drug-likeness (QED) is 0.537. The monoisotopic (exact) mass is 304 g/mol. The second kappa shape index (κ2) is 6.40. The standard InChI is InChI=1S/C18H25O2P/c1-5-15(21-20)18(8-6-7-9-18)17(19)16-13(3)10-12(2)11-14(16)4/h10-11,15H,5-9H2,1-4H3. The summed E-state index contributed by atoms with van der Waals surface area (Å²) in [5.41, 5.74) is 3.71. The zero-order chi connectivity index (χ0) is 15.6. The Morgan fingerprint density at radius 1 is 1.19 bits per heavy atom. The number of benzene rings is 1. The first-order valence-corrected chi connectivity index (χ1v) is 8.79. The van der Waals surface area contributed by atoms with E-state index in [1.165, 1.54) is 5.56 Å². The highest BCUT2D eigenvalue weighted by Gasteiger charge is 2.48. The minimum absolute atomic E-state index is 0.0485. The third-order valence-electron chi connectivity index (χ3n) is 5.00. The number of carbonyl (C=O) groups is 1. The van der Waals surface area contributed by atoms with Crippen molar-refractivity contribution in [2.75, 3.05) is 0 Å². The van der Waals surface area contributed by atoms with Gasteiger partial charge in [0.1, 0.15) is 0 Å². The third-order valence-corrected chi connectivity index (χ3v) is 6.12. The molecule has 1 fully saturated rings. The molecule has 1 aliphatic carbocycles. The van der Waals surface area contributed by atoms with Crippen LogP contribution in [0.3, 0.4) is 0 Å². The Morgan fingerprint density at radius 2 is 1.71 bits per heavy atom. The van der Waals surface area contributed by atoms with Crippen molar-refractivity contribution in [1.29, 1.82) is 0 Å². The summed E-state index contributed by atoms with van der Waals surface area (Å²) in [4.78, 5) is 13.3. The molecule has 0 bridgehead atoms. The van der Waals surface area contributed by atoms with Crippen molar-refractivity contribution in [3.8, 4) is 0 Å². The second-order valence-electron chi connectivity index (χ2n) is 6.50. The lowest BCUT2D eigenvalue weighted by Gasteiger charge is -2.33. The number of hydrogen-bond donors (Lipinski definition) is 0. The van der Waals surface area contributed by atoms with Gasteiger partial charge in [0.25, 0.3) is 0 Å². The van der Waals surface area contributed by atoms with Gasteiger partial charge in [-0.05, 0) is 51.2 Å². The van der Waals surface area contributed by atoms with E-state index in [2.05, 4.69) is 19.1 Å². The van der Waals surface area contributed by atoms with Crippen molar-refractivity contribution in [1.82, 2.24) is 0 Å². The Bertz CT molecular complexity index is 533. The van der Waals surface area contributed by atoms with Crippen LogP contribution in [0.15, 0.2) is 12.1 Å². The molecule has 0 spiro atoms. The lowest BCUT2D eigenvalue weighted by atomic mass is 9.73. The fourth-order valence-corrected chi connectivity index (χ4v) is 4.80. The molecular weight excluding hydrogens is 279 g/mol. The Kier molecular flexibility index (Phi) is 4.99. The maximum absolute atomic E-state index is 13.3. The van der Waals surface area contributed by atoms with E-state index in [4.69, 9.17) is 0 Å². The van der Waals surface area contributed by atoms with Gasteiger partial charge in [-0.1, -0.05) is 37.5 Å². The van der Waals surface area contributed by atoms with Crippen LogP contribution >= 0.6 is 8.46 Å². The first-order valence-electron chi connectivity index (χ1n) is 7.91. The summed E-state index contributed by atoms with van der Waals surface area (Å²) in [6, 6.07) is 4.16. The summed E-state index contributed by atoms with van der Waals surface area (Å²) in [5.74, 6) is 0.227. The van der Waals surface area contributed by atoms with Gasteiger partial charge in [-0.25, -0.2) is 0 Å². The van der Waals surface area contributed by atoms with Crippen LogP contribution in [-0.4, -0.2) is 11.4 Å². The molecule has 1 unspecified atom stereocenters. The smallest absolute Gasteiger partial charge is 0.170 e.